The molecule has 5 heteroatoms. The third-order valence-electron chi connectivity index (χ3n) is 1.44. The first-order valence-corrected chi connectivity index (χ1v) is 4.52. The summed E-state index contributed by atoms with van der Waals surface area (Å²) in [5, 5.41) is 3.68. The Morgan fingerprint density at radius 3 is 2.23 bits per heavy atom. The zero-order chi connectivity index (χ0) is 9.84. The van der Waals surface area contributed by atoms with Crippen molar-refractivity contribution < 1.29 is 4.79 Å². The molecule has 0 saturated carbocycles. The minimum atomic E-state index is 0.248. The molecule has 13 heavy (non-hydrogen) atoms. The molecule has 0 heterocycles. The Bertz CT molecular complexity index is 304. The number of halogens is 3. The van der Waals surface area contributed by atoms with E-state index in [9.17, 15) is 4.79 Å². The zero-order valence-electron chi connectivity index (χ0n) is 6.40. The van der Waals surface area contributed by atoms with Crippen LogP contribution in [0.4, 0.5) is 0 Å². The lowest BCUT2D eigenvalue weighted by molar-refractivity contribution is 0.542. The first-order valence-electron chi connectivity index (χ1n) is 3.38. The van der Waals surface area contributed by atoms with E-state index in [2.05, 4.69) is 5.32 Å². The predicted molar refractivity (Wildman–Crippen MR) is 54.0 cm³/mol. The fourth-order valence-corrected chi connectivity index (χ4v) is 1.82. The van der Waals surface area contributed by atoms with Crippen molar-refractivity contribution in [2.24, 2.45) is 0 Å². The van der Waals surface area contributed by atoms with Crippen molar-refractivity contribution in [3.8, 4) is 0 Å². The van der Waals surface area contributed by atoms with Crippen molar-refractivity contribution in [1.82, 2.24) is 5.32 Å². The van der Waals surface area contributed by atoms with Gasteiger partial charge in [-0.15, -0.1) is 0 Å². The van der Waals surface area contributed by atoms with E-state index in [1.807, 2.05) is 0 Å². The van der Waals surface area contributed by atoms with Gasteiger partial charge in [0.2, 0.25) is 0 Å². The molecule has 0 spiro atoms. The Morgan fingerprint density at radius 1 is 1.23 bits per heavy atom. The van der Waals surface area contributed by atoms with Gasteiger partial charge in [-0.1, -0.05) is 34.8 Å². The number of hydrogen-bond donors (Lipinski definition) is 1. The molecule has 1 aromatic rings. The van der Waals surface area contributed by atoms with Gasteiger partial charge in [0.15, 0.2) is 0 Å². The Balaban J connectivity index is 2.98. The first kappa shape index (κ1) is 10.6. The number of carbonyl (C=O) groups excluding carboxylic acids is 1. The largest absolute Gasteiger partial charge is 0.344 e. The van der Waals surface area contributed by atoms with Crippen molar-refractivity contribution in [1.29, 1.82) is 0 Å². The fourth-order valence-electron chi connectivity index (χ4n) is 0.865. The topological polar surface area (TPSA) is 29.1 Å². The van der Waals surface area contributed by atoms with Crippen molar-refractivity contribution in [3.05, 3.63) is 32.8 Å². The van der Waals surface area contributed by atoms with Crippen LogP contribution < -0.4 is 5.32 Å². The van der Waals surface area contributed by atoms with Crippen molar-refractivity contribution in [2.75, 3.05) is 0 Å². The van der Waals surface area contributed by atoms with Gasteiger partial charge in [0.05, 0.1) is 0 Å². The summed E-state index contributed by atoms with van der Waals surface area (Å²) in [6.45, 7) is 0.248. The molecule has 1 radical (unpaired) electrons. The van der Waals surface area contributed by atoms with Gasteiger partial charge in [-0.25, -0.2) is 0 Å². The summed E-state index contributed by atoms with van der Waals surface area (Å²) < 4.78 is 0. The SMILES string of the molecule is O=[C]NCc1c(Cl)cc(Cl)cc1Cl. The Morgan fingerprint density at radius 2 is 1.77 bits per heavy atom. The summed E-state index contributed by atoms with van der Waals surface area (Å²) in [7, 11) is 0. The van der Waals surface area contributed by atoms with Crippen LogP contribution in [0.15, 0.2) is 12.1 Å². The Kier molecular flexibility index (Phi) is 3.85. The maximum atomic E-state index is 9.92. The molecule has 0 aromatic heterocycles. The number of benzene rings is 1. The molecule has 0 saturated heterocycles. The Hall–Kier alpha value is -0.440. The van der Waals surface area contributed by atoms with E-state index in [0.29, 0.717) is 20.6 Å². The lowest BCUT2D eigenvalue weighted by atomic mass is 10.2. The molecule has 0 unspecified atom stereocenters. The molecule has 1 rings (SSSR count). The highest BCUT2D eigenvalue weighted by molar-refractivity contribution is 6.39. The smallest absolute Gasteiger partial charge is 0.309 e. The molecule has 2 nitrogen and oxygen atoms in total. The van der Waals surface area contributed by atoms with Crippen LogP contribution in [0.2, 0.25) is 15.1 Å². The molecule has 0 aliphatic carbocycles. The zero-order valence-corrected chi connectivity index (χ0v) is 8.67. The molecule has 1 N–H and O–H groups in total. The maximum absolute atomic E-state index is 9.92. The summed E-state index contributed by atoms with van der Waals surface area (Å²) in [6.07, 6.45) is 1.53. The Labute approximate surface area is 90.8 Å². The summed E-state index contributed by atoms with van der Waals surface area (Å²) in [5.41, 5.74) is 0.635. The summed E-state index contributed by atoms with van der Waals surface area (Å²) >= 11 is 17.4. The van der Waals surface area contributed by atoms with E-state index in [4.69, 9.17) is 34.8 Å². The molecule has 1 aromatic carbocycles. The van der Waals surface area contributed by atoms with Gasteiger partial charge >= 0.3 is 6.41 Å². The third-order valence-corrected chi connectivity index (χ3v) is 2.34. The summed E-state index contributed by atoms with van der Waals surface area (Å²) in [6, 6.07) is 3.13. The van der Waals surface area contributed by atoms with Gasteiger partial charge in [0.1, 0.15) is 0 Å². The predicted octanol–water partition coefficient (Wildman–Crippen LogP) is 2.80. The van der Waals surface area contributed by atoms with E-state index in [-0.39, 0.29) is 6.54 Å². The molecule has 69 valence electrons. The van der Waals surface area contributed by atoms with Crippen LogP contribution in [-0.4, -0.2) is 6.41 Å². The second-order valence-electron chi connectivity index (χ2n) is 2.30. The van der Waals surface area contributed by atoms with Crippen LogP contribution in [0.1, 0.15) is 5.56 Å². The highest BCUT2D eigenvalue weighted by atomic mass is 35.5. The van der Waals surface area contributed by atoms with Gasteiger partial charge in [0, 0.05) is 27.2 Å². The lowest BCUT2D eigenvalue weighted by Gasteiger charge is -2.05. The number of hydrogen-bond acceptors (Lipinski definition) is 1. The average molecular weight is 237 g/mol. The van der Waals surface area contributed by atoms with Gasteiger partial charge in [-0.2, -0.15) is 0 Å². The van der Waals surface area contributed by atoms with E-state index < -0.39 is 0 Å². The van der Waals surface area contributed by atoms with Gasteiger partial charge in [-0.05, 0) is 12.1 Å². The average Bonchev–Trinajstić information content (AvgIpc) is 2.02. The van der Waals surface area contributed by atoms with Gasteiger partial charge in [0.25, 0.3) is 0 Å². The van der Waals surface area contributed by atoms with E-state index in [1.165, 1.54) is 6.41 Å². The third kappa shape index (κ3) is 2.76. The fraction of sp³-hybridized carbons (Fsp3) is 0.125. The van der Waals surface area contributed by atoms with Crippen LogP contribution in [0.5, 0.6) is 0 Å². The maximum Gasteiger partial charge on any atom is 0.309 e. The first-order chi connectivity index (χ1) is 6.15. The lowest BCUT2D eigenvalue weighted by Crippen LogP contribution is -2.10. The second kappa shape index (κ2) is 4.70. The second-order valence-corrected chi connectivity index (χ2v) is 3.55. The summed E-state index contributed by atoms with van der Waals surface area (Å²) in [5.74, 6) is 0. The molecule has 0 atom stereocenters. The molecule has 1 amide bonds. The standard InChI is InChI=1S/C8H5Cl3NO/c9-5-1-7(10)6(3-12-4-13)8(11)2-5/h1-2H,3H2,(H,12,13). The van der Waals surface area contributed by atoms with Crippen LogP contribution in [0, 0.1) is 0 Å². The van der Waals surface area contributed by atoms with Crippen molar-refractivity contribution in [3.63, 3.8) is 0 Å². The summed E-state index contributed by atoms with van der Waals surface area (Å²) in [4.78, 5) is 9.92. The highest BCUT2D eigenvalue weighted by Gasteiger charge is 2.06. The minimum absolute atomic E-state index is 0.248. The highest BCUT2D eigenvalue weighted by Crippen LogP contribution is 2.28. The molecule has 0 fully saturated rings. The molecule has 0 aliphatic rings. The monoisotopic (exact) mass is 236 g/mol. The van der Waals surface area contributed by atoms with Crippen molar-refractivity contribution >= 4 is 41.2 Å². The van der Waals surface area contributed by atoms with Gasteiger partial charge in [-0.3, -0.25) is 4.79 Å². The quantitative estimate of drug-likeness (QED) is 0.805. The van der Waals surface area contributed by atoms with E-state index >= 15 is 0 Å². The van der Waals surface area contributed by atoms with Crippen molar-refractivity contribution in [2.45, 2.75) is 6.54 Å². The number of nitrogens with one attached hydrogen (secondary N) is 1. The normalized spacial score (nSPS) is 9.77. The minimum Gasteiger partial charge on any atom is -0.344 e. The van der Waals surface area contributed by atoms with Crippen LogP contribution in [0.3, 0.4) is 0 Å². The van der Waals surface area contributed by atoms with Crippen LogP contribution in [-0.2, 0) is 11.3 Å². The van der Waals surface area contributed by atoms with Crippen LogP contribution in [0.25, 0.3) is 0 Å². The van der Waals surface area contributed by atoms with E-state index in [0.717, 1.165) is 0 Å². The number of rotatable bonds is 3. The molecule has 0 bridgehead atoms. The van der Waals surface area contributed by atoms with Gasteiger partial charge < -0.3 is 5.32 Å². The molecule has 0 aliphatic heterocycles. The molecular weight excluding hydrogens is 232 g/mol. The molecular formula is C8H5Cl3NO. The van der Waals surface area contributed by atoms with E-state index in [1.54, 1.807) is 12.1 Å². The van der Waals surface area contributed by atoms with Crippen LogP contribution >= 0.6 is 34.8 Å². The number of amides is 1.